The molecular weight excluding hydrogens is 245 g/mol. The Balaban J connectivity index is 1.94. The molecule has 0 bridgehead atoms. The van der Waals surface area contributed by atoms with Crippen molar-refractivity contribution < 1.29 is 4.39 Å². The molecule has 2 heterocycles. The van der Waals surface area contributed by atoms with E-state index in [-0.39, 0.29) is 5.82 Å². The smallest absolute Gasteiger partial charge is 0.149 e. The van der Waals surface area contributed by atoms with Crippen molar-refractivity contribution in [3.8, 4) is 0 Å². The molecule has 0 radical (unpaired) electrons. The summed E-state index contributed by atoms with van der Waals surface area (Å²) in [7, 11) is 0. The molecule has 0 aliphatic carbocycles. The Labute approximate surface area is 109 Å². The second-order valence-electron chi connectivity index (χ2n) is 4.24. The van der Waals surface area contributed by atoms with Crippen LogP contribution in [0.2, 0.25) is 0 Å². The van der Waals surface area contributed by atoms with Crippen LogP contribution >= 0.6 is 11.3 Å². The van der Waals surface area contributed by atoms with Crippen molar-refractivity contribution in [2.45, 2.75) is 12.8 Å². The second-order valence-corrected chi connectivity index (χ2v) is 5.02. The summed E-state index contributed by atoms with van der Waals surface area (Å²) >= 11 is 1.71. The molecular formula is C15H12FNS. The predicted molar refractivity (Wildman–Crippen MR) is 73.4 cm³/mol. The molecule has 3 aromatic rings. The van der Waals surface area contributed by atoms with Gasteiger partial charge in [0.15, 0.2) is 0 Å². The van der Waals surface area contributed by atoms with Crippen LogP contribution in [0.5, 0.6) is 0 Å². The van der Waals surface area contributed by atoms with Crippen LogP contribution in [-0.2, 0) is 12.8 Å². The zero-order valence-electron chi connectivity index (χ0n) is 9.77. The number of rotatable bonds is 3. The number of pyridine rings is 1. The van der Waals surface area contributed by atoms with E-state index in [4.69, 9.17) is 0 Å². The molecule has 3 rings (SSSR count). The fourth-order valence-corrected chi connectivity index (χ4v) is 2.83. The van der Waals surface area contributed by atoms with Gasteiger partial charge in [-0.05, 0) is 52.9 Å². The van der Waals surface area contributed by atoms with Gasteiger partial charge in [-0.3, -0.25) is 4.98 Å². The first-order chi connectivity index (χ1) is 8.84. The molecule has 1 nitrogen and oxygen atoms in total. The summed E-state index contributed by atoms with van der Waals surface area (Å²) in [4.78, 5) is 4.11. The fraction of sp³-hybridized carbons (Fsp3) is 0.133. The van der Waals surface area contributed by atoms with E-state index in [1.54, 1.807) is 23.6 Å². The summed E-state index contributed by atoms with van der Waals surface area (Å²) < 4.78 is 13.6. The first kappa shape index (κ1) is 11.4. The molecule has 18 heavy (non-hydrogen) atoms. The van der Waals surface area contributed by atoms with E-state index in [0.29, 0.717) is 5.52 Å². The van der Waals surface area contributed by atoms with E-state index in [1.165, 1.54) is 11.6 Å². The lowest BCUT2D eigenvalue weighted by molar-refractivity contribution is 0.636. The minimum atomic E-state index is -0.245. The largest absolute Gasteiger partial charge is 0.253 e. The van der Waals surface area contributed by atoms with Crippen LogP contribution in [0.15, 0.2) is 47.3 Å². The number of aromatic nitrogens is 1. The van der Waals surface area contributed by atoms with Gasteiger partial charge in [0.2, 0.25) is 0 Å². The highest BCUT2D eigenvalue weighted by Crippen LogP contribution is 2.21. The Morgan fingerprint density at radius 2 is 2.06 bits per heavy atom. The van der Waals surface area contributed by atoms with Crippen LogP contribution in [-0.4, -0.2) is 4.98 Å². The summed E-state index contributed by atoms with van der Waals surface area (Å²) in [6.07, 6.45) is 3.59. The van der Waals surface area contributed by atoms with Crippen LogP contribution in [0.4, 0.5) is 4.39 Å². The highest BCUT2D eigenvalue weighted by molar-refractivity contribution is 7.07. The van der Waals surface area contributed by atoms with Gasteiger partial charge in [-0.15, -0.1) is 0 Å². The molecule has 0 saturated carbocycles. The van der Waals surface area contributed by atoms with Gasteiger partial charge in [-0.1, -0.05) is 12.1 Å². The third-order valence-corrected chi connectivity index (χ3v) is 3.81. The Bertz CT molecular complexity index is 661. The van der Waals surface area contributed by atoms with Crippen molar-refractivity contribution in [1.82, 2.24) is 4.98 Å². The number of thiophene rings is 1. The summed E-state index contributed by atoms with van der Waals surface area (Å²) in [5, 5.41) is 5.16. The standard InChI is InChI=1S/C15H12FNS/c16-14-3-1-2-13-12(6-8-17-15(13)14)5-4-11-7-9-18-10-11/h1-3,6-10H,4-5H2. The zero-order valence-corrected chi connectivity index (χ0v) is 10.6. The average molecular weight is 257 g/mol. The molecule has 0 spiro atoms. The number of hydrogen-bond acceptors (Lipinski definition) is 2. The maximum absolute atomic E-state index is 13.6. The molecule has 0 aliphatic heterocycles. The Morgan fingerprint density at radius 3 is 2.89 bits per heavy atom. The Hall–Kier alpha value is -1.74. The van der Waals surface area contributed by atoms with Crippen LogP contribution in [0, 0.1) is 5.82 Å². The van der Waals surface area contributed by atoms with Gasteiger partial charge in [-0.2, -0.15) is 11.3 Å². The molecule has 0 fully saturated rings. The number of halogens is 1. The maximum atomic E-state index is 13.6. The van der Waals surface area contributed by atoms with Gasteiger partial charge in [0.05, 0.1) is 0 Å². The topological polar surface area (TPSA) is 12.9 Å². The van der Waals surface area contributed by atoms with E-state index in [0.717, 1.165) is 23.8 Å². The number of nitrogens with zero attached hydrogens (tertiary/aromatic N) is 1. The zero-order chi connectivity index (χ0) is 12.4. The Kier molecular flexibility index (Phi) is 3.07. The van der Waals surface area contributed by atoms with E-state index in [9.17, 15) is 4.39 Å². The lowest BCUT2D eigenvalue weighted by Gasteiger charge is -2.05. The van der Waals surface area contributed by atoms with Crippen molar-refractivity contribution in [1.29, 1.82) is 0 Å². The molecule has 0 amide bonds. The van der Waals surface area contributed by atoms with Gasteiger partial charge >= 0.3 is 0 Å². The summed E-state index contributed by atoms with van der Waals surface area (Å²) in [5.74, 6) is -0.245. The molecule has 0 unspecified atom stereocenters. The fourth-order valence-electron chi connectivity index (χ4n) is 2.13. The third-order valence-electron chi connectivity index (χ3n) is 3.08. The lowest BCUT2D eigenvalue weighted by atomic mass is 10.0. The van der Waals surface area contributed by atoms with E-state index >= 15 is 0 Å². The predicted octanol–water partition coefficient (Wildman–Crippen LogP) is 4.22. The Morgan fingerprint density at radius 1 is 1.11 bits per heavy atom. The third kappa shape index (κ3) is 2.14. The van der Waals surface area contributed by atoms with Crippen LogP contribution < -0.4 is 0 Å². The number of hydrogen-bond donors (Lipinski definition) is 0. The quantitative estimate of drug-likeness (QED) is 0.684. The summed E-state index contributed by atoms with van der Waals surface area (Å²) in [6, 6.07) is 9.25. The monoisotopic (exact) mass is 257 g/mol. The minimum Gasteiger partial charge on any atom is -0.253 e. The van der Waals surface area contributed by atoms with E-state index < -0.39 is 0 Å². The molecule has 0 N–H and O–H groups in total. The molecule has 2 aromatic heterocycles. The average Bonchev–Trinajstić information content (AvgIpc) is 2.90. The summed E-state index contributed by atoms with van der Waals surface area (Å²) in [5.41, 5.74) is 2.97. The maximum Gasteiger partial charge on any atom is 0.149 e. The van der Waals surface area contributed by atoms with Crippen LogP contribution in [0.25, 0.3) is 10.9 Å². The molecule has 0 saturated heterocycles. The van der Waals surface area contributed by atoms with Crippen molar-refractivity contribution >= 4 is 22.2 Å². The van der Waals surface area contributed by atoms with Crippen molar-refractivity contribution in [3.63, 3.8) is 0 Å². The molecule has 3 heteroatoms. The minimum absolute atomic E-state index is 0.245. The number of aryl methyl sites for hydroxylation is 2. The highest BCUT2D eigenvalue weighted by Gasteiger charge is 2.06. The van der Waals surface area contributed by atoms with Gasteiger partial charge in [0.25, 0.3) is 0 Å². The second kappa shape index (κ2) is 4.86. The van der Waals surface area contributed by atoms with E-state index in [1.807, 2.05) is 12.1 Å². The van der Waals surface area contributed by atoms with Gasteiger partial charge in [-0.25, -0.2) is 4.39 Å². The molecule has 0 aliphatic rings. The summed E-state index contributed by atoms with van der Waals surface area (Å²) in [6.45, 7) is 0. The number of fused-ring (bicyclic) bond motifs is 1. The van der Waals surface area contributed by atoms with Crippen molar-refractivity contribution in [2.24, 2.45) is 0 Å². The van der Waals surface area contributed by atoms with E-state index in [2.05, 4.69) is 21.8 Å². The first-order valence-corrected chi connectivity index (χ1v) is 6.82. The lowest BCUT2D eigenvalue weighted by Crippen LogP contribution is -1.94. The first-order valence-electron chi connectivity index (χ1n) is 5.88. The molecule has 1 aromatic carbocycles. The van der Waals surface area contributed by atoms with Gasteiger partial charge in [0, 0.05) is 11.6 Å². The van der Waals surface area contributed by atoms with Crippen LogP contribution in [0.1, 0.15) is 11.1 Å². The van der Waals surface area contributed by atoms with Gasteiger partial charge in [0.1, 0.15) is 11.3 Å². The molecule has 90 valence electrons. The number of para-hydroxylation sites is 1. The van der Waals surface area contributed by atoms with Gasteiger partial charge < -0.3 is 0 Å². The van der Waals surface area contributed by atoms with Crippen LogP contribution in [0.3, 0.4) is 0 Å². The molecule has 0 atom stereocenters. The normalized spacial score (nSPS) is 10.9. The SMILES string of the molecule is Fc1cccc2c(CCc3ccsc3)ccnc12. The van der Waals surface area contributed by atoms with Crippen molar-refractivity contribution in [2.75, 3.05) is 0 Å². The number of benzene rings is 1. The van der Waals surface area contributed by atoms with Crippen molar-refractivity contribution in [3.05, 3.63) is 64.2 Å². The highest BCUT2D eigenvalue weighted by atomic mass is 32.1.